The quantitative estimate of drug-likeness (QED) is 0.915. The number of rotatable bonds is 5. The van der Waals surface area contributed by atoms with E-state index in [1.165, 1.54) is 12.1 Å². The molecule has 114 valence electrons. The van der Waals surface area contributed by atoms with Gasteiger partial charge in [0.05, 0.1) is 17.8 Å². The Morgan fingerprint density at radius 1 is 1.29 bits per heavy atom. The number of hydrogen-bond donors (Lipinski definition) is 1. The van der Waals surface area contributed by atoms with Crippen molar-refractivity contribution >= 4 is 0 Å². The van der Waals surface area contributed by atoms with Gasteiger partial charge >= 0.3 is 6.18 Å². The average Bonchev–Trinajstić information content (AvgIpc) is 2.85. The summed E-state index contributed by atoms with van der Waals surface area (Å²) in [5.41, 5.74) is 0.344. The van der Waals surface area contributed by atoms with Crippen LogP contribution in [0.1, 0.15) is 36.1 Å². The summed E-state index contributed by atoms with van der Waals surface area (Å²) in [6.45, 7) is 2.61. The zero-order valence-electron chi connectivity index (χ0n) is 12.0. The van der Waals surface area contributed by atoms with Crippen LogP contribution in [-0.4, -0.2) is 16.3 Å². The molecule has 1 aromatic heterocycles. The van der Waals surface area contributed by atoms with E-state index in [4.69, 9.17) is 0 Å². The lowest BCUT2D eigenvalue weighted by molar-refractivity contribution is -0.138. The molecule has 1 unspecified atom stereocenters. The van der Waals surface area contributed by atoms with Crippen LogP contribution < -0.4 is 5.32 Å². The van der Waals surface area contributed by atoms with Crippen molar-refractivity contribution in [2.75, 3.05) is 6.54 Å². The molecule has 0 aliphatic heterocycles. The summed E-state index contributed by atoms with van der Waals surface area (Å²) in [4.78, 5) is 0. The summed E-state index contributed by atoms with van der Waals surface area (Å²) in [5, 5.41) is 7.23. The van der Waals surface area contributed by atoms with Crippen molar-refractivity contribution in [3.8, 4) is 0 Å². The first-order valence-corrected chi connectivity index (χ1v) is 6.81. The van der Waals surface area contributed by atoms with Gasteiger partial charge in [-0.25, -0.2) is 0 Å². The van der Waals surface area contributed by atoms with Crippen LogP contribution in [0, 0.1) is 0 Å². The summed E-state index contributed by atoms with van der Waals surface area (Å²) in [5.74, 6) is 0. The number of halogens is 3. The molecule has 21 heavy (non-hydrogen) atoms. The minimum absolute atomic E-state index is 0.228. The van der Waals surface area contributed by atoms with Crippen molar-refractivity contribution in [1.82, 2.24) is 15.1 Å². The van der Waals surface area contributed by atoms with Crippen molar-refractivity contribution in [2.45, 2.75) is 25.6 Å². The van der Waals surface area contributed by atoms with Crippen LogP contribution in [0.25, 0.3) is 0 Å². The fourth-order valence-electron chi connectivity index (χ4n) is 2.29. The topological polar surface area (TPSA) is 29.9 Å². The SMILES string of the molecule is CCCNC(c1cnn(C)c1)c1ccccc1C(F)(F)F. The number of nitrogens with one attached hydrogen (secondary N) is 1. The third kappa shape index (κ3) is 3.64. The van der Waals surface area contributed by atoms with E-state index in [1.54, 1.807) is 30.2 Å². The van der Waals surface area contributed by atoms with Gasteiger partial charge in [0.2, 0.25) is 0 Å². The fraction of sp³-hybridized carbons (Fsp3) is 0.400. The third-order valence-electron chi connectivity index (χ3n) is 3.23. The molecule has 0 spiro atoms. The lowest BCUT2D eigenvalue weighted by Gasteiger charge is -2.22. The highest BCUT2D eigenvalue weighted by Crippen LogP contribution is 2.36. The summed E-state index contributed by atoms with van der Waals surface area (Å²) in [6.07, 6.45) is -0.198. The molecule has 1 atom stereocenters. The summed E-state index contributed by atoms with van der Waals surface area (Å²) >= 11 is 0. The Labute approximate surface area is 121 Å². The van der Waals surface area contributed by atoms with Crippen molar-refractivity contribution < 1.29 is 13.2 Å². The van der Waals surface area contributed by atoms with Crippen LogP contribution >= 0.6 is 0 Å². The molecular weight excluding hydrogens is 279 g/mol. The van der Waals surface area contributed by atoms with E-state index in [0.29, 0.717) is 6.54 Å². The van der Waals surface area contributed by atoms with Gasteiger partial charge in [-0.1, -0.05) is 25.1 Å². The number of nitrogens with zero attached hydrogens (tertiary/aromatic N) is 2. The predicted octanol–water partition coefficient (Wildman–Crippen LogP) is 3.53. The van der Waals surface area contributed by atoms with Gasteiger partial charge in [-0.2, -0.15) is 18.3 Å². The van der Waals surface area contributed by atoms with Gasteiger partial charge in [-0.05, 0) is 24.6 Å². The van der Waals surface area contributed by atoms with Crippen LogP contribution in [-0.2, 0) is 13.2 Å². The van der Waals surface area contributed by atoms with E-state index in [-0.39, 0.29) is 5.56 Å². The Morgan fingerprint density at radius 3 is 2.57 bits per heavy atom. The molecule has 2 aromatic rings. The van der Waals surface area contributed by atoms with Crippen LogP contribution in [0.5, 0.6) is 0 Å². The zero-order chi connectivity index (χ0) is 15.5. The molecule has 0 amide bonds. The Balaban J connectivity index is 2.46. The second-order valence-corrected chi connectivity index (χ2v) is 4.92. The summed E-state index contributed by atoms with van der Waals surface area (Å²) < 4.78 is 41.2. The summed E-state index contributed by atoms with van der Waals surface area (Å²) in [7, 11) is 1.75. The number of aryl methyl sites for hydroxylation is 1. The van der Waals surface area contributed by atoms with Crippen molar-refractivity contribution in [3.63, 3.8) is 0 Å². The Hall–Kier alpha value is -1.82. The number of alkyl halides is 3. The van der Waals surface area contributed by atoms with Crippen LogP contribution in [0.2, 0.25) is 0 Å². The summed E-state index contributed by atoms with van der Waals surface area (Å²) in [6, 6.07) is 5.15. The van der Waals surface area contributed by atoms with Gasteiger partial charge in [-0.3, -0.25) is 4.68 Å². The molecule has 0 saturated heterocycles. The van der Waals surface area contributed by atoms with E-state index < -0.39 is 17.8 Å². The molecule has 0 aliphatic rings. The van der Waals surface area contributed by atoms with E-state index in [9.17, 15) is 13.2 Å². The molecule has 6 heteroatoms. The standard InChI is InChI=1S/C15H18F3N3/c1-3-8-19-14(11-9-20-21(2)10-11)12-6-4-5-7-13(12)15(16,17)18/h4-7,9-10,14,19H,3,8H2,1-2H3. The molecule has 3 nitrogen and oxygen atoms in total. The van der Waals surface area contributed by atoms with Crippen LogP contribution in [0.15, 0.2) is 36.7 Å². The lowest BCUT2D eigenvalue weighted by Crippen LogP contribution is -2.25. The highest BCUT2D eigenvalue weighted by molar-refractivity contribution is 5.37. The van der Waals surface area contributed by atoms with Crippen LogP contribution in [0.4, 0.5) is 13.2 Å². The van der Waals surface area contributed by atoms with Gasteiger partial charge in [0, 0.05) is 18.8 Å². The van der Waals surface area contributed by atoms with E-state index in [0.717, 1.165) is 18.1 Å². The van der Waals surface area contributed by atoms with E-state index >= 15 is 0 Å². The molecule has 1 heterocycles. The van der Waals surface area contributed by atoms with Crippen molar-refractivity contribution in [3.05, 3.63) is 53.3 Å². The predicted molar refractivity (Wildman–Crippen MR) is 74.8 cm³/mol. The molecule has 0 aliphatic carbocycles. The number of benzene rings is 1. The molecular formula is C15H18F3N3. The van der Waals surface area contributed by atoms with Crippen molar-refractivity contribution in [2.24, 2.45) is 7.05 Å². The largest absolute Gasteiger partial charge is 0.416 e. The fourth-order valence-corrected chi connectivity index (χ4v) is 2.29. The Bertz CT molecular complexity index is 590. The first-order chi connectivity index (χ1) is 9.93. The lowest BCUT2D eigenvalue weighted by atomic mass is 9.96. The monoisotopic (exact) mass is 297 g/mol. The van der Waals surface area contributed by atoms with Crippen molar-refractivity contribution in [1.29, 1.82) is 0 Å². The van der Waals surface area contributed by atoms with Gasteiger partial charge in [0.15, 0.2) is 0 Å². The maximum Gasteiger partial charge on any atom is 0.416 e. The number of hydrogen-bond acceptors (Lipinski definition) is 2. The molecule has 1 N–H and O–H groups in total. The van der Waals surface area contributed by atoms with Crippen LogP contribution in [0.3, 0.4) is 0 Å². The first kappa shape index (κ1) is 15.6. The Morgan fingerprint density at radius 2 is 2.00 bits per heavy atom. The molecule has 0 fully saturated rings. The Kier molecular flexibility index (Phi) is 4.67. The third-order valence-corrected chi connectivity index (χ3v) is 3.23. The average molecular weight is 297 g/mol. The highest BCUT2D eigenvalue weighted by atomic mass is 19.4. The molecule has 2 rings (SSSR count). The second-order valence-electron chi connectivity index (χ2n) is 4.92. The van der Waals surface area contributed by atoms with Gasteiger partial charge < -0.3 is 5.32 Å². The minimum Gasteiger partial charge on any atom is -0.306 e. The van der Waals surface area contributed by atoms with Gasteiger partial charge in [0.25, 0.3) is 0 Å². The second kappa shape index (κ2) is 6.30. The normalized spacial score (nSPS) is 13.4. The molecule has 1 aromatic carbocycles. The first-order valence-electron chi connectivity index (χ1n) is 6.81. The zero-order valence-corrected chi connectivity index (χ0v) is 12.0. The molecule has 0 bridgehead atoms. The van der Waals surface area contributed by atoms with E-state index in [2.05, 4.69) is 10.4 Å². The van der Waals surface area contributed by atoms with Gasteiger partial charge in [-0.15, -0.1) is 0 Å². The highest BCUT2D eigenvalue weighted by Gasteiger charge is 2.35. The maximum absolute atomic E-state index is 13.2. The minimum atomic E-state index is -4.37. The maximum atomic E-state index is 13.2. The smallest absolute Gasteiger partial charge is 0.306 e. The number of aromatic nitrogens is 2. The molecule has 0 radical (unpaired) electrons. The van der Waals surface area contributed by atoms with E-state index in [1.807, 2.05) is 6.92 Å². The molecule has 0 saturated carbocycles. The van der Waals surface area contributed by atoms with Gasteiger partial charge in [0.1, 0.15) is 0 Å².